The summed E-state index contributed by atoms with van der Waals surface area (Å²) in [5.41, 5.74) is 3.57. The number of aromatic nitrogens is 3. The average Bonchev–Trinajstić information content (AvgIpc) is 2.94. The first-order chi connectivity index (χ1) is 18.6. The predicted octanol–water partition coefficient (Wildman–Crippen LogP) is 5.52. The number of hydrogen-bond acceptors (Lipinski definition) is 7. The van der Waals surface area contributed by atoms with E-state index in [2.05, 4.69) is 18.0 Å². The van der Waals surface area contributed by atoms with Crippen LogP contribution in [0.1, 0.15) is 50.6 Å². The van der Waals surface area contributed by atoms with Gasteiger partial charge in [0.05, 0.1) is 28.8 Å². The van der Waals surface area contributed by atoms with E-state index >= 15 is 4.39 Å². The molecule has 0 amide bonds. The van der Waals surface area contributed by atoms with Crippen LogP contribution in [0.5, 0.6) is 0 Å². The molecule has 3 aromatic rings. The number of allylic oxidation sites excluding steroid dienone is 2. The van der Waals surface area contributed by atoms with Gasteiger partial charge >= 0.3 is 0 Å². The fourth-order valence-electron chi connectivity index (χ4n) is 6.19. The normalized spacial score (nSPS) is 22.6. The molecule has 0 radical (unpaired) electrons. The fourth-order valence-corrected chi connectivity index (χ4v) is 7.00. The summed E-state index contributed by atoms with van der Waals surface area (Å²) in [6.07, 6.45) is 3.58. The SMILES string of the molecule is CCS(=O)(=O)CCc1cc(-c2nc(-c3ccccc3F)c3c(n2)[C@]2(C)CC(C#N)=C(O)[C@H](C)[C@H]2CC3)ccn1. The second kappa shape index (κ2) is 10.2. The van der Waals surface area contributed by atoms with Crippen molar-refractivity contribution in [3.8, 4) is 28.7 Å². The zero-order chi connectivity index (χ0) is 27.9. The summed E-state index contributed by atoms with van der Waals surface area (Å²) in [6, 6.07) is 12.3. The summed E-state index contributed by atoms with van der Waals surface area (Å²) in [5, 5.41) is 20.5. The molecule has 9 heteroatoms. The number of sulfone groups is 1. The van der Waals surface area contributed by atoms with Crippen LogP contribution in [0.25, 0.3) is 22.6 Å². The number of aryl methyl sites for hydroxylation is 1. The van der Waals surface area contributed by atoms with E-state index in [9.17, 15) is 18.8 Å². The molecule has 7 nitrogen and oxygen atoms in total. The largest absolute Gasteiger partial charge is 0.511 e. The van der Waals surface area contributed by atoms with Gasteiger partial charge in [-0.25, -0.2) is 22.8 Å². The number of hydrogen-bond donors (Lipinski definition) is 1. The van der Waals surface area contributed by atoms with Crippen molar-refractivity contribution >= 4 is 9.84 Å². The van der Waals surface area contributed by atoms with E-state index in [4.69, 9.17) is 9.97 Å². The molecule has 2 heterocycles. The summed E-state index contributed by atoms with van der Waals surface area (Å²) in [4.78, 5) is 14.3. The average molecular weight is 547 g/mol. The van der Waals surface area contributed by atoms with Gasteiger partial charge in [0.2, 0.25) is 0 Å². The van der Waals surface area contributed by atoms with Gasteiger partial charge in [0.1, 0.15) is 21.4 Å². The standard InChI is InChI=1S/C30H31FN4O3S/c1-4-39(37,38)14-12-21-15-19(11-13-33-21)29-34-26(22-7-5-6-8-25(22)31)23-9-10-24-18(2)27(36)20(17-32)16-30(24,3)28(23)35-29/h5-8,11,13,15,18,24,36H,4,9-10,12,14,16H2,1-3H3/t18-,24-,30-/m1/s1. The van der Waals surface area contributed by atoms with Crippen LogP contribution in [0.15, 0.2) is 53.9 Å². The van der Waals surface area contributed by atoms with Gasteiger partial charge in [-0.1, -0.05) is 32.9 Å². The molecule has 0 saturated carbocycles. The monoisotopic (exact) mass is 546 g/mol. The minimum absolute atomic E-state index is 0.00409. The first-order valence-electron chi connectivity index (χ1n) is 13.2. The second-order valence-corrected chi connectivity index (χ2v) is 13.2. The summed E-state index contributed by atoms with van der Waals surface area (Å²) in [5.74, 6) is 0.0493. The number of aliphatic hydroxyl groups is 1. The van der Waals surface area contributed by atoms with E-state index in [1.807, 2.05) is 6.92 Å². The maximum atomic E-state index is 15.1. The number of rotatable bonds is 6. The van der Waals surface area contributed by atoms with Gasteiger partial charge in [-0.15, -0.1) is 0 Å². The van der Waals surface area contributed by atoms with Crippen molar-refractivity contribution in [2.45, 2.75) is 51.9 Å². The first-order valence-corrected chi connectivity index (χ1v) is 15.0. The molecule has 1 N–H and O–H groups in total. The molecular weight excluding hydrogens is 515 g/mol. The van der Waals surface area contributed by atoms with Gasteiger partial charge in [0, 0.05) is 52.1 Å². The van der Waals surface area contributed by atoms with E-state index in [0.717, 1.165) is 17.7 Å². The zero-order valence-corrected chi connectivity index (χ0v) is 23.1. The van der Waals surface area contributed by atoms with Crippen LogP contribution in [0.4, 0.5) is 4.39 Å². The Bertz CT molecular complexity index is 1630. The molecular formula is C30H31FN4O3S. The van der Waals surface area contributed by atoms with Crippen LogP contribution in [-0.2, 0) is 28.1 Å². The highest BCUT2D eigenvalue weighted by Crippen LogP contribution is 2.54. The molecule has 0 aliphatic heterocycles. The molecule has 0 spiro atoms. The highest BCUT2D eigenvalue weighted by molar-refractivity contribution is 7.91. The van der Waals surface area contributed by atoms with Gasteiger partial charge < -0.3 is 5.11 Å². The van der Waals surface area contributed by atoms with Crippen molar-refractivity contribution < 1.29 is 17.9 Å². The molecule has 1 aromatic carbocycles. The van der Waals surface area contributed by atoms with Crippen molar-refractivity contribution in [1.82, 2.24) is 15.0 Å². The zero-order valence-electron chi connectivity index (χ0n) is 22.3. The number of fused-ring (bicyclic) bond motifs is 3. The van der Waals surface area contributed by atoms with E-state index in [1.165, 1.54) is 6.07 Å². The third kappa shape index (κ3) is 4.82. The lowest BCUT2D eigenvalue weighted by Crippen LogP contribution is -2.45. The maximum Gasteiger partial charge on any atom is 0.160 e. The maximum absolute atomic E-state index is 15.1. The topological polar surface area (TPSA) is 117 Å². The Labute approximate surface area is 228 Å². The van der Waals surface area contributed by atoms with Gasteiger partial charge in [0.15, 0.2) is 5.82 Å². The fraction of sp³-hybridized carbons (Fsp3) is 0.400. The summed E-state index contributed by atoms with van der Waals surface area (Å²) < 4.78 is 39.3. The lowest BCUT2D eigenvalue weighted by atomic mass is 9.56. The van der Waals surface area contributed by atoms with Crippen molar-refractivity contribution in [3.05, 3.63) is 76.7 Å². The Morgan fingerprint density at radius 1 is 1.23 bits per heavy atom. The Morgan fingerprint density at radius 3 is 2.72 bits per heavy atom. The molecule has 2 aliphatic carbocycles. The molecule has 202 valence electrons. The van der Waals surface area contributed by atoms with Crippen LogP contribution < -0.4 is 0 Å². The predicted molar refractivity (Wildman–Crippen MR) is 147 cm³/mol. The third-order valence-electron chi connectivity index (χ3n) is 8.41. The Balaban J connectivity index is 1.69. The van der Waals surface area contributed by atoms with Crippen molar-refractivity contribution in [2.24, 2.45) is 11.8 Å². The van der Waals surface area contributed by atoms with Crippen molar-refractivity contribution in [3.63, 3.8) is 0 Å². The Kier molecular flexibility index (Phi) is 7.02. The van der Waals surface area contributed by atoms with Gasteiger partial charge in [0.25, 0.3) is 0 Å². The second-order valence-electron chi connectivity index (χ2n) is 10.7. The Hall–Kier alpha value is -3.64. The van der Waals surface area contributed by atoms with Crippen LogP contribution >= 0.6 is 0 Å². The number of benzene rings is 1. The number of nitriles is 1. The Morgan fingerprint density at radius 2 is 2.00 bits per heavy atom. The molecule has 2 aromatic heterocycles. The molecule has 0 unspecified atom stereocenters. The van der Waals surface area contributed by atoms with Crippen molar-refractivity contribution in [1.29, 1.82) is 5.26 Å². The van der Waals surface area contributed by atoms with Crippen molar-refractivity contribution in [2.75, 3.05) is 11.5 Å². The highest BCUT2D eigenvalue weighted by Gasteiger charge is 2.50. The first kappa shape index (κ1) is 26.9. The highest BCUT2D eigenvalue weighted by atomic mass is 32.2. The lowest BCUT2D eigenvalue weighted by Gasteiger charge is -2.48. The molecule has 0 fully saturated rings. The van der Waals surface area contributed by atoms with Crippen LogP contribution in [0, 0.1) is 29.0 Å². The summed E-state index contributed by atoms with van der Waals surface area (Å²) >= 11 is 0. The molecule has 3 atom stereocenters. The minimum atomic E-state index is -3.16. The number of aliphatic hydroxyl groups excluding tert-OH is 1. The lowest BCUT2D eigenvalue weighted by molar-refractivity contribution is 0.136. The van der Waals surface area contributed by atoms with E-state index < -0.39 is 15.3 Å². The van der Waals surface area contributed by atoms with Gasteiger partial charge in [-0.05, 0) is 49.4 Å². The molecule has 2 aliphatic rings. The quantitative estimate of drug-likeness (QED) is 0.433. The van der Waals surface area contributed by atoms with Gasteiger partial charge in [-0.2, -0.15) is 5.26 Å². The van der Waals surface area contributed by atoms with Crippen LogP contribution in [0.3, 0.4) is 0 Å². The molecule has 0 bridgehead atoms. The molecule has 5 rings (SSSR count). The number of halogens is 1. The van der Waals surface area contributed by atoms with Crippen LogP contribution in [0.2, 0.25) is 0 Å². The molecule has 0 saturated heterocycles. The summed E-state index contributed by atoms with van der Waals surface area (Å²) in [6.45, 7) is 5.64. The van der Waals surface area contributed by atoms with Crippen LogP contribution in [-0.4, -0.2) is 40.0 Å². The number of nitrogens with zero attached hydrogens (tertiary/aromatic N) is 4. The van der Waals surface area contributed by atoms with E-state index in [-0.39, 0.29) is 41.3 Å². The third-order valence-corrected chi connectivity index (χ3v) is 10.1. The van der Waals surface area contributed by atoms with Gasteiger partial charge in [-0.3, -0.25) is 4.98 Å². The van der Waals surface area contributed by atoms with E-state index in [0.29, 0.717) is 46.8 Å². The minimum Gasteiger partial charge on any atom is -0.511 e. The number of pyridine rings is 1. The smallest absolute Gasteiger partial charge is 0.160 e. The van der Waals surface area contributed by atoms with E-state index in [1.54, 1.807) is 43.5 Å². The summed E-state index contributed by atoms with van der Waals surface area (Å²) in [7, 11) is -3.16. The molecule has 39 heavy (non-hydrogen) atoms.